The molecule has 2 aromatic carbocycles. The minimum absolute atomic E-state index is 0.372. The van der Waals surface area contributed by atoms with E-state index in [0.29, 0.717) is 21.7 Å². The van der Waals surface area contributed by atoms with Crippen LogP contribution in [-0.2, 0) is 13.2 Å². The maximum atomic E-state index is 6.29. The SMILES string of the molecule is Clc1ccc(OCc2nc3cc(Cl)c(Cl)cc3n2CCCC2CCCNC2)cc1. The summed E-state index contributed by atoms with van der Waals surface area (Å²) in [5.41, 5.74) is 1.84. The van der Waals surface area contributed by atoms with Gasteiger partial charge in [0.05, 0.1) is 21.1 Å². The molecule has 0 amide bonds. The zero-order valence-corrected chi connectivity index (χ0v) is 18.4. The van der Waals surface area contributed by atoms with E-state index in [4.69, 9.17) is 44.5 Å². The fourth-order valence-electron chi connectivity index (χ4n) is 3.92. The Morgan fingerprint density at radius 2 is 1.90 bits per heavy atom. The smallest absolute Gasteiger partial charge is 0.147 e. The molecule has 0 radical (unpaired) electrons. The second-order valence-corrected chi connectivity index (χ2v) is 8.78. The molecular weight excluding hydrogens is 429 g/mol. The molecule has 0 bridgehead atoms. The molecule has 1 atom stereocenters. The van der Waals surface area contributed by atoms with E-state index in [1.807, 2.05) is 36.4 Å². The molecule has 0 aliphatic carbocycles. The number of nitrogens with zero attached hydrogens (tertiary/aromatic N) is 2. The van der Waals surface area contributed by atoms with Crippen LogP contribution < -0.4 is 10.1 Å². The largest absolute Gasteiger partial charge is 0.486 e. The molecule has 1 aliphatic rings. The number of piperidine rings is 1. The highest BCUT2D eigenvalue weighted by atomic mass is 35.5. The molecule has 0 saturated carbocycles. The quantitative estimate of drug-likeness (QED) is 0.453. The number of fused-ring (bicyclic) bond motifs is 1. The van der Waals surface area contributed by atoms with Crippen LogP contribution in [0, 0.1) is 5.92 Å². The van der Waals surface area contributed by atoms with Crippen molar-refractivity contribution in [2.24, 2.45) is 5.92 Å². The van der Waals surface area contributed by atoms with Crippen molar-refractivity contribution in [3.05, 3.63) is 57.3 Å². The number of ether oxygens (including phenoxy) is 1. The number of benzene rings is 2. The number of aromatic nitrogens is 2. The zero-order valence-electron chi connectivity index (χ0n) is 16.1. The van der Waals surface area contributed by atoms with E-state index in [1.165, 1.54) is 19.3 Å². The topological polar surface area (TPSA) is 39.1 Å². The molecule has 1 N–H and O–H groups in total. The fraction of sp³-hybridized carbons (Fsp3) is 0.409. The lowest BCUT2D eigenvalue weighted by Gasteiger charge is -2.22. The highest BCUT2D eigenvalue weighted by Gasteiger charge is 2.16. The van der Waals surface area contributed by atoms with E-state index in [-0.39, 0.29) is 0 Å². The first-order chi connectivity index (χ1) is 14.1. The van der Waals surface area contributed by atoms with E-state index < -0.39 is 0 Å². The third-order valence-electron chi connectivity index (χ3n) is 5.44. The van der Waals surface area contributed by atoms with Gasteiger partial charge in [-0.05, 0) is 81.1 Å². The molecule has 4 rings (SSSR count). The molecule has 29 heavy (non-hydrogen) atoms. The summed E-state index contributed by atoms with van der Waals surface area (Å²) in [6.07, 6.45) is 4.87. The summed E-state index contributed by atoms with van der Waals surface area (Å²) >= 11 is 18.5. The monoisotopic (exact) mass is 451 g/mol. The first-order valence-corrected chi connectivity index (χ1v) is 11.2. The Morgan fingerprint density at radius 1 is 1.10 bits per heavy atom. The summed E-state index contributed by atoms with van der Waals surface area (Å²) < 4.78 is 8.17. The molecule has 154 valence electrons. The van der Waals surface area contributed by atoms with Crippen molar-refractivity contribution < 1.29 is 4.74 Å². The molecule has 4 nitrogen and oxygen atoms in total. The van der Waals surface area contributed by atoms with Crippen molar-refractivity contribution in [2.45, 2.75) is 38.8 Å². The first-order valence-electron chi connectivity index (χ1n) is 10.0. The van der Waals surface area contributed by atoms with Gasteiger partial charge in [-0.1, -0.05) is 34.8 Å². The second kappa shape index (κ2) is 9.57. The van der Waals surface area contributed by atoms with E-state index in [2.05, 4.69) is 9.88 Å². The molecule has 0 spiro atoms. The van der Waals surface area contributed by atoms with E-state index in [9.17, 15) is 0 Å². The first kappa shape index (κ1) is 20.8. The maximum absolute atomic E-state index is 6.29. The number of imidazole rings is 1. The zero-order chi connectivity index (χ0) is 20.2. The van der Waals surface area contributed by atoms with Gasteiger partial charge in [-0.2, -0.15) is 0 Å². The molecule has 1 aromatic heterocycles. The van der Waals surface area contributed by atoms with Gasteiger partial charge in [0.1, 0.15) is 18.2 Å². The Kier molecular flexibility index (Phi) is 6.86. The summed E-state index contributed by atoms with van der Waals surface area (Å²) in [6, 6.07) is 11.1. The van der Waals surface area contributed by atoms with Crippen LogP contribution in [0.4, 0.5) is 0 Å². The van der Waals surface area contributed by atoms with Crippen molar-refractivity contribution in [3.63, 3.8) is 0 Å². The van der Waals surface area contributed by atoms with Gasteiger partial charge in [-0.25, -0.2) is 4.98 Å². The lowest BCUT2D eigenvalue weighted by Crippen LogP contribution is -2.29. The molecule has 1 fully saturated rings. The van der Waals surface area contributed by atoms with Crippen LogP contribution in [0.25, 0.3) is 11.0 Å². The number of aryl methyl sites for hydroxylation is 1. The minimum Gasteiger partial charge on any atom is -0.486 e. The van der Waals surface area contributed by atoms with Crippen molar-refractivity contribution >= 4 is 45.8 Å². The normalized spacial score (nSPS) is 17.0. The van der Waals surface area contributed by atoms with Gasteiger partial charge >= 0.3 is 0 Å². The summed E-state index contributed by atoms with van der Waals surface area (Å²) in [7, 11) is 0. The van der Waals surface area contributed by atoms with Crippen LogP contribution in [0.1, 0.15) is 31.5 Å². The van der Waals surface area contributed by atoms with E-state index in [0.717, 1.165) is 54.6 Å². The standard InChI is InChI=1S/C22H24Cl3N3O/c23-16-5-7-17(8-6-16)29-14-22-27-20-11-18(24)19(25)12-21(20)28(22)10-2-4-15-3-1-9-26-13-15/h5-8,11-12,15,26H,1-4,9-10,13-14H2. The molecule has 1 saturated heterocycles. The van der Waals surface area contributed by atoms with Crippen LogP contribution >= 0.6 is 34.8 Å². The second-order valence-electron chi connectivity index (χ2n) is 7.53. The van der Waals surface area contributed by atoms with Crippen molar-refractivity contribution in [1.82, 2.24) is 14.9 Å². The number of hydrogen-bond acceptors (Lipinski definition) is 3. The van der Waals surface area contributed by atoms with Crippen LogP contribution in [-0.4, -0.2) is 22.6 Å². The van der Waals surface area contributed by atoms with Crippen LogP contribution in [0.5, 0.6) is 5.75 Å². The van der Waals surface area contributed by atoms with Gasteiger partial charge in [0.2, 0.25) is 0 Å². The maximum Gasteiger partial charge on any atom is 0.147 e. The van der Waals surface area contributed by atoms with Crippen LogP contribution in [0.2, 0.25) is 15.1 Å². The molecule has 3 aromatic rings. The predicted molar refractivity (Wildman–Crippen MR) is 120 cm³/mol. The number of halogens is 3. The summed E-state index contributed by atoms with van der Waals surface area (Å²) in [6.45, 7) is 3.52. The van der Waals surface area contributed by atoms with Crippen LogP contribution in [0.3, 0.4) is 0 Å². The van der Waals surface area contributed by atoms with E-state index in [1.54, 1.807) is 0 Å². The molecular formula is C22H24Cl3N3O. The molecule has 7 heteroatoms. The van der Waals surface area contributed by atoms with Crippen molar-refractivity contribution in [1.29, 1.82) is 0 Å². The van der Waals surface area contributed by atoms with Gasteiger partial charge in [-0.3, -0.25) is 0 Å². The predicted octanol–water partition coefficient (Wildman–Crippen LogP) is 6.36. The fourth-order valence-corrected chi connectivity index (χ4v) is 4.36. The Labute approximate surface area is 186 Å². The van der Waals surface area contributed by atoms with E-state index >= 15 is 0 Å². The third-order valence-corrected chi connectivity index (χ3v) is 6.42. The lowest BCUT2D eigenvalue weighted by molar-refractivity contribution is 0.287. The Hall–Kier alpha value is -1.46. The molecule has 1 unspecified atom stereocenters. The number of rotatable bonds is 7. The number of nitrogens with one attached hydrogen (secondary N) is 1. The average Bonchev–Trinajstić information content (AvgIpc) is 3.05. The van der Waals surface area contributed by atoms with Gasteiger partial charge < -0.3 is 14.6 Å². The van der Waals surface area contributed by atoms with Crippen molar-refractivity contribution in [2.75, 3.05) is 13.1 Å². The van der Waals surface area contributed by atoms with Gasteiger partial charge in [0.25, 0.3) is 0 Å². The molecule has 2 heterocycles. The van der Waals surface area contributed by atoms with Gasteiger partial charge in [0.15, 0.2) is 0 Å². The third kappa shape index (κ3) is 5.18. The van der Waals surface area contributed by atoms with Gasteiger partial charge in [0, 0.05) is 11.6 Å². The number of hydrogen-bond donors (Lipinski definition) is 1. The van der Waals surface area contributed by atoms with Crippen molar-refractivity contribution in [3.8, 4) is 5.75 Å². The summed E-state index contributed by atoms with van der Waals surface area (Å²) in [4.78, 5) is 4.77. The lowest BCUT2D eigenvalue weighted by atomic mass is 9.95. The summed E-state index contributed by atoms with van der Waals surface area (Å²) in [5, 5.41) is 5.24. The highest BCUT2D eigenvalue weighted by molar-refractivity contribution is 6.42. The minimum atomic E-state index is 0.372. The molecule has 1 aliphatic heterocycles. The Morgan fingerprint density at radius 3 is 2.66 bits per heavy atom. The van der Waals surface area contributed by atoms with Gasteiger partial charge in [-0.15, -0.1) is 0 Å². The summed E-state index contributed by atoms with van der Waals surface area (Å²) in [5.74, 6) is 2.39. The Bertz CT molecular complexity index is 966. The Balaban J connectivity index is 1.52. The van der Waals surface area contributed by atoms with Crippen LogP contribution in [0.15, 0.2) is 36.4 Å². The highest BCUT2D eigenvalue weighted by Crippen LogP contribution is 2.29. The average molecular weight is 453 g/mol.